The third kappa shape index (κ3) is 45.0. The van der Waals surface area contributed by atoms with E-state index < -0.39 is 18.1 Å². The van der Waals surface area contributed by atoms with Gasteiger partial charge < -0.3 is 28.6 Å². The Morgan fingerprint density at radius 2 is 0.875 bits per heavy atom. The maximum atomic E-state index is 12.8. The summed E-state index contributed by atoms with van der Waals surface area (Å²) in [4.78, 5) is 37.1. The SMILES string of the molecule is CC/C=C/C/C=C/CCCCCCCCCCCCCCCCC(=O)OC(COCCC(C(=O)[O-])[N+](C)(C)C)COC(=O)CCCCCCCCCCCCCCCCCCCCC. The second kappa shape index (κ2) is 47.3. The van der Waals surface area contributed by atoms with E-state index in [1.165, 1.54) is 180 Å². The highest BCUT2D eigenvalue weighted by Crippen LogP contribution is 2.17. The van der Waals surface area contributed by atoms with Gasteiger partial charge in [-0.05, 0) is 38.5 Å². The van der Waals surface area contributed by atoms with E-state index in [9.17, 15) is 19.5 Å². The summed E-state index contributed by atoms with van der Waals surface area (Å²) >= 11 is 0. The van der Waals surface area contributed by atoms with Gasteiger partial charge >= 0.3 is 11.9 Å². The smallest absolute Gasteiger partial charge is 0.306 e. The summed E-state index contributed by atoms with van der Waals surface area (Å²) in [6.07, 6.45) is 55.0. The average Bonchev–Trinajstić information content (AvgIpc) is 3.26. The summed E-state index contributed by atoms with van der Waals surface area (Å²) in [5.41, 5.74) is 0. The van der Waals surface area contributed by atoms with Crippen molar-refractivity contribution >= 4 is 17.9 Å². The maximum Gasteiger partial charge on any atom is 0.306 e. The van der Waals surface area contributed by atoms with E-state index in [1.807, 2.05) is 21.1 Å². The standard InChI is InChI=1S/C56H105NO7/c1-6-8-10-12-14-16-18-20-22-24-26-27-29-31-33-35-37-39-41-43-45-47-55(59)64-52(50-62-49-48-53(56(60)61)57(3,4)5)51-63-54(58)46-44-42-40-38-36-34-32-30-28-25-23-21-19-17-15-13-11-9-7-2/h8,10,14,16,52-53H,6-7,9,11-13,15,17-51H2,1-5H3/b10-8+,16-14+. The van der Waals surface area contributed by atoms with E-state index in [0.717, 1.165) is 51.4 Å². The van der Waals surface area contributed by atoms with Gasteiger partial charge in [-0.3, -0.25) is 9.59 Å². The molecule has 2 unspecified atom stereocenters. The van der Waals surface area contributed by atoms with Crippen LogP contribution >= 0.6 is 0 Å². The number of likely N-dealkylation sites (N-methyl/N-ethyl adjacent to an activating group) is 1. The van der Waals surface area contributed by atoms with Crippen molar-refractivity contribution in [2.45, 2.75) is 276 Å². The number of aliphatic carboxylic acids is 1. The highest BCUT2D eigenvalue weighted by molar-refractivity contribution is 5.70. The fraction of sp³-hybridized carbons (Fsp3) is 0.875. The zero-order valence-electron chi connectivity index (χ0n) is 43.0. The molecule has 0 saturated heterocycles. The van der Waals surface area contributed by atoms with Gasteiger partial charge in [0, 0.05) is 19.3 Å². The molecule has 0 aromatic heterocycles. The number of quaternary nitrogens is 1. The van der Waals surface area contributed by atoms with E-state index in [4.69, 9.17) is 14.2 Å². The first-order chi connectivity index (χ1) is 31.1. The first kappa shape index (κ1) is 61.8. The van der Waals surface area contributed by atoms with E-state index in [-0.39, 0.29) is 42.7 Å². The molecule has 64 heavy (non-hydrogen) atoms. The molecule has 0 aliphatic rings. The molecule has 0 heterocycles. The Hall–Kier alpha value is -2.19. The van der Waals surface area contributed by atoms with Gasteiger partial charge in [-0.1, -0.05) is 231 Å². The molecule has 0 saturated carbocycles. The summed E-state index contributed by atoms with van der Waals surface area (Å²) < 4.78 is 17.3. The summed E-state index contributed by atoms with van der Waals surface area (Å²) in [5, 5.41) is 11.7. The van der Waals surface area contributed by atoms with Gasteiger partial charge in [-0.2, -0.15) is 0 Å². The van der Waals surface area contributed by atoms with Crippen LogP contribution in [-0.4, -0.2) is 75.5 Å². The lowest BCUT2D eigenvalue weighted by atomic mass is 10.0. The highest BCUT2D eigenvalue weighted by atomic mass is 16.6. The fourth-order valence-electron chi connectivity index (χ4n) is 8.41. The molecule has 376 valence electrons. The zero-order valence-corrected chi connectivity index (χ0v) is 43.0. The van der Waals surface area contributed by atoms with Crippen molar-refractivity contribution in [3.05, 3.63) is 24.3 Å². The van der Waals surface area contributed by atoms with Crippen LogP contribution in [0.3, 0.4) is 0 Å². The van der Waals surface area contributed by atoms with E-state index in [1.54, 1.807) is 0 Å². The second-order valence-electron chi connectivity index (χ2n) is 19.8. The van der Waals surface area contributed by atoms with Crippen molar-refractivity contribution in [1.82, 2.24) is 0 Å². The fourth-order valence-corrected chi connectivity index (χ4v) is 8.41. The number of nitrogens with zero attached hydrogens (tertiary/aromatic N) is 1. The third-order valence-corrected chi connectivity index (χ3v) is 12.6. The molecule has 0 bridgehead atoms. The molecule has 0 aliphatic carbocycles. The molecule has 0 radical (unpaired) electrons. The molecule has 0 fully saturated rings. The normalized spacial score (nSPS) is 13.0. The Labute approximate surface area is 396 Å². The lowest BCUT2D eigenvalue weighted by Gasteiger charge is -2.34. The summed E-state index contributed by atoms with van der Waals surface area (Å²) in [7, 11) is 5.43. The van der Waals surface area contributed by atoms with Gasteiger partial charge in [-0.25, -0.2) is 0 Å². The lowest BCUT2D eigenvalue weighted by Crippen LogP contribution is -2.55. The molecule has 8 heteroatoms. The van der Waals surface area contributed by atoms with E-state index in [2.05, 4.69) is 38.2 Å². The Balaban J connectivity index is 4.16. The minimum absolute atomic E-state index is 0.0463. The van der Waals surface area contributed by atoms with Gasteiger partial charge in [0.1, 0.15) is 12.6 Å². The van der Waals surface area contributed by atoms with Gasteiger partial charge in [0.2, 0.25) is 0 Å². The predicted molar refractivity (Wildman–Crippen MR) is 268 cm³/mol. The summed E-state index contributed by atoms with van der Waals surface area (Å²) in [6, 6.07) is -0.723. The zero-order chi connectivity index (χ0) is 47.0. The Morgan fingerprint density at radius 3 is 1.28 bits per heavy atom. The highest BCUT2D eigenvalue weighted by Gasteiger charge is 2.25. The van der Waals surface area contributed by atoms with Crippen LogP contribution in [-0.2, 0) is 28.6 Å². The quantitative estimate of drug-likeness (QED) is 0.0259. The molecule has 8 nitrogen and oxygen atoms in total. The molecule has 0 aromatic carbocycles. The Kier molecular flexibility index (Phi) is 45.7. The number of hydrogen-bond donors (Lipinski definition) is 0. The number of rotatable bonds is 50. The first-order valence-electron chi connectivity index (χ1n) is 27.4. The first-order valence-corrected chi connectivity index (χ1v) is 27.4. The van der Waals surface area contributed by atoms with Gasteiger partial charge in [0.25, 0.3) is 0 Å². The van der Waals surface area contributed by atoms with E-state index >= 15 is 0 Å². The average molecular weight is 904 g/mol. The van der Waals surface area contributed by atoms with Crippen molar-refractivity contribution in [3.63, 3.8) is 0 Å². The predicted octanol–water partition coefficient (Wildman–Crippen LogP) is 14.6. The van der Waals surface area contributed by atoms with Crippen LogP contribution in [0, 0.1) is 0 Å². The number of ether oxygens (including phenoxy) is 3. The molecule has 0 spiro atoms. The van der Waals surface area contributed by atoms with Crippen LogP contribution in [0.15, 0.2) is 24.3 Å². The van der Waals surface area contributed by atoms with Crippen molar-refractivity contribution in [2.24, 2.45) is 0 Å². The van der Waals surface area contributed by atoms with Crippen molar-refractivity contribution in [1.29, 1.82) is 0 Å². The number of carboxylic acid groups (broad SMARTS) is 1. The minimum Gasteiger partial charge on any atom is -0.544 e. The molecule has 0 aromatic rings. The van der Waals surface area contributed by atoms with E-state index in [0.29, 0.717) is 12.8 Å². The molecule has 0 N–H and O–H groups in total. The Morgan fingerprint density at radius 1 is 0.484 bits per heavy atom. The number of carbonyl (C=O) groups excluding carboxylic acids is 3. The number of esters is 2. The van der Waals surface area contributed by atoms with Crippen LogP contribution in [0.25, 0.3) is 0 Å². The van der Waals surface area contributed by atoms with Gasteiger partial charge in [0.15, 0.2) is 6.10 Å². The molecule has 0 aliphatic heterocycles. The number of unbranched alkanes of at least 4 members (excludes halogenated alkanes) is 32. The molecule has 2 atom stereocenters. The summed E-state index contributed by atoms with van der Waals surface area (Å²) in [5.74, 6) is -1.71. The van der Waals surface area contributed by atoms with Gasteiger partial charge in [-0.15, -0.1) is 0 Å². The van der Waals surface area contributed by atoms with Crippen LogP contribution in [0.1, 0.15) is 264 Å². The van der Waals surface area contributed by atoms with Crippen LogP contribution < -0.4 is 5.11 Å². The molecular formula is C56H105NO7. The third-order valence-electron chi connectivity index (χ3n) is 12.6. The van der Waals surface area contributed by atoms with Crippen LogP contribution in [0.4, 0.5) is 0 Å². The minimum atomic E-state index is -1.12. The largest absolute Gasteiger partial charge is 0.544 e. The molecule has 0 amide bonds. The number of allylic oxidation sites excluding steroid dienone is 4. The number of carbonyl (C=O) groups is 3. The van der Waals surface area contributed by atoms with Crippen LogP contribution in [0.5, 0.6) is 0 Å². The van der Waals surface area contributed by atoms with Crippen LogP contribution in [0.2, 0.25) is 0 Å². The monoisotopic (exact) mass is 904 g/mol. The van der Waals surface area contributed by atoms with Crippen molar-refractivity contribution < 1.29 is 38.2 Å². The van der Waals surface area contributed by atoms with Crippen molar-refractivity contribution in [3.8, 4) is 0 Å². The summed E-state index contributed by atoms with van der Waals surface area (Å²) in [6.45, 7) is 4.62. The number of hydrogen-bond acceptors (Lipinski definition) is 7. The number of carboxylic acids is 1. The lowest BCUT2D eigenvalue weighted by molar-refractivity contribution is -0.889. The van der Waals surface area contributed by atoms with Gasteiger partial charge in [0.05, 0.1) is 40.3 Å². The topological polar surface area (TPSA) is 102 Å². The maximum absolute atomic E-state index is 12.8. The molecular weight excluding hydrogens is 799 g/mol. The Bertz CT molecular complexity index is 1100. The second-order valence-corrected chi connectivity index (χ2v) is 19.8. The van der Waals surface area contributed by atoms with Crippen molar-refractivity contribution in [2.75, 3.05) is 41.0 Å². The molecule has 0 rings (SSSR count).